The number of alkyl halides is 3. The number of hydrogen-bond donors (Lipinski definition) is 1. The van der Waals surface area contributed by atoms with Crippen molar-refractivity contribution in [1.82, 2.24) is 0 Å². The number of rotatable bonds is 4. The van der Waals surface area contributed by atoms with Crippen LogP contribution in [0.5, 0.6) is 0 Å². The molecule has 1 unspecified atom stereocenters. The molecular formula is C11H13F3O. The van der Waals surface area contributed by atoms with Crippen LogP contribution in [-0.4, -0.2) is 17.9 Å². The molecule has 0 saturated heterocycles. The molecule has 1 atom stereocenters. The van der Waals surface area contributed by atoms with E-state index < -0.39 is 18.5 Å². The van der Waals surface area contributed by atoms with Crippen LogP contribution in [0.3, 0.4) is 0 Å². The summed E-state index contributed by atoms with van der Waals surface area (Å²) in [5, 5.41) is 8.73. The molecule has 84 valence electrons. The van der Waals surface area contributed by atoms with Crippen molar-refractivity contribution in [2.45, 2.75) is 24.9 Å². The van der Waals surface area contributed by atoms with E-state index in [1.807, 2.05) is 0 Å². The van der Waals surface area contributed by atoms with Crippen LogP contribution in [0.15, 0.2) is 30.3 Å². The molecule has 0 spiro atoms. The van der Waals surface area contributed by atoms with Gasteiger partial charge in [-0.05, 0) is 17.9 Å². The van der Waals surface area contributed by atoms with Crippen LogP contribution in [0.1, 0.15) is 24.3 Å². The Morgan fingerprint density at radius 2 is 1.73 bits per heavy atom. The summed E-state index contributed by atoms with van der Waals surface area (Å²) in [5.41, 5.74) is 0.629. The Balaban J connectivity index is 2.75. The number of halogens is 3. The Morgan fingerprint density at radius 1 is 1.13 bits per heavy atom. The molecule has 0 bridgehead atoms. The highest BCUT2D eigenvalue weighted by atomic mass is 19.4. The molecule has 1 aromatic carbocycles. The molecule has 0 amide bonds. The largest absolute Gasteiger partial charge is 0.396 e. The second kappa shape index (κ2) is 5.16. The Labute approximate surface area is 86.5 Å². The fourth-order valence-electron chi connectivity index (χ4n) is 1.55. The normalized spacial score (nSPS) is 13.9. The molecule has 0 aromatic heterocycles. The predicted molar refractivity (Wildman–Crippen MR) is 51.6 cm³/mol. The fraction of sp³-hybridized carbons (Fsp3) is 0.455. The summed E-state index contributed by atoms with van der Waals surface area (Å²) in [6.45, 7) is -0.227. The quantitative estimate of drug-likeness (QED) is 0.823. The van der Waals surface area contributed by atoms with Gasteiger partial charge in [0, 0.05) is 6.61 Å². The summed E-state index contributed by atoms with van der Waals surface area (Å²) in [6.07, 6.45) is -4.92. The van der Waals surface area contributed by atoms with E-state index in [0.717, 1.165) is 0 Å². The van der Waals surface area contributed by atoms with E-state index >= 15 is 0 Å². The Bertz CT molecular complexity index is 282. The van der Waals surface area contributed by atoms with Crippen molar-refractivity contribution in [3.05, 3.63) is 35.9 Å². The van der Waals surface area contributed by atoms with Crippen molar-refractivity contribution in [3.8, 4) is 0 Å². The third-order valence-electron chi connectivity index (χ3n) is 2.23. The summed E-state index contributed by atoms with van der Waals surface area (Å²) >= 11 is 0. The van der Waals surface area contributed by atoms with Gasteiger partial charge in [0.2, 0.25) is 0 Å². The smallest absolute Gasteiger partial charge is 0.389 e. The fourth-order valence-corrected chi connectivity index (χ4v) is 1.55. The van der Waals surface area contributed by atoms with E-state index in [1.165, 1.54) is 0 Å². The third kappa shape index (κ3) is 4.34. The number of benzene rings is 1. The summed E-state index contributed by atoms with van der Waals surface area (Å²) in [7, 11) is 0. The van der Waals surface area contributed by atoms with E-state index in [2.05, 4.69) is 0 Å². The first-order valence-corrected chi connectivity index (χ1v) is 4.75. The number of hydrogen-bond acceptors (Lipinski definition) is 1. The molecule has 0 radical (unpaired) electrons. The van der Waals surface area contributed by atoms with Gasteiger partial charge >= 0.3 is 6.18 Å². The summed E-state index contributed by atoms with van der Waals surface area (Å²) in [4.78, 5) is 0. The standard InChI is InChI=1S/C11H13F3O/c12-11(13,14)8-10(6-7-15)9-4-2-1-3-5-9/h1-5,10,15H,6-8H2. The van der Waals surface area contributed by atoms with Crippen molar-refractivity contribution < 1.29 is 18.3 Å². The lowest BCUT2D eigenvalue weighted by molar-refractivity contribution is -0.139. The lowest BCUT2D eigenvalue weighted by atomic mass is 9.93. The predicted octanol–water partition coefficient (Wildman–Crippen LogP) is 3.11. The van der Waals surface area contributed by atoms with Gasteiger partial charge in [-0.15, -0.1) is 0 Å². The Kier molecular flexibility index (Phi) is 4.15. The highest BCUT2D eigenvalue weighted by Crippen LogP contribution is 2.32. The molecule has 1 aromatic rings. The van der Waals surface area contributed by atoms with E-state index in [-0.39, 0.29) is 13.0 Å². The molecule has 4 heteroatoms. The topological polar surface area (TPSA) is 20.2 Å². The molecular weight excluding hydrogens is 205 g/mol. The molecule has 1 nitrogen and oxygen atoms in total. The van der Waals surface area contributed by atoms with Crippen LogP contribution in [-0.2, 0) is 0 Å². The van der Waals surface area contributed by atoms with Crippen molar-refractivity contribution in [1.29, 1.82) is 0 Å². The summed E-state index contributed by atoms with van der Waals surface area (Å²) < 4.78 is 36.7. The zero-order chi connectivity index (χ0) is 11.3. The maximum absolute atomic E-state index is 12.2. The highest BCUT2D eigenvalue weighted by Gasteiger charge is 2.32. The highest BCUT2D eigenvalue weighted by molar-refractivity contribution is 5.19. The average molecular weight is 218 g/mol. The SMILES string of the molecule is OCCC(CC(F)(F)F)c1ccccc1. The maximum atomic E-state index is 12.2. The van der Waals surface area contributed by atoms with Gasteiger partial charge in [0.05, 0.1) is 6.42 Å². The van der Waals surface area contributed by atoms with Crippen LogP contribution in [0.4, 0.5) is 13.2 Å². The molecule has 0 fully saturated rings. The molecule has 0 aliphatic heterocycles. The van der Waals surface area contributed by atoms with Crippen molar-refractivity contribution in [3.63, 3.8) is 0 Å². The second-order valence-electron chi connectivity index (χ2n) is 3.44. The molecule has 1 N–H and O–H groups in total. The third-order valence-corrected chi connectivity index (χ3v) is 2.23. The molecule has 1 rings (SSSR count). The van der Waals surface area contributed by atoms with Crippen LogP contribution < -0.4 is 0 Å². The first-order valence-electron chi connectivity index (χ1n) is 4.75. The molecule has 0 aliphatic carbocycles. The van der Waals surface area contributed by atoms with Crippen LogP contribution >= 0.6 is 0 Å². The van der Waals surface area contributed by atoms with E-state index in [9.17, 15) is 13.2 Å². The van der Waals surface area contributed by atoms with E-state index in [4.69, 9.17) is 5.11 Å². The molecule has 0 heterocycles. The van der Waals surface area contributed by atoms with Gasteiger partial charge in [-0.1, -0.05) is 30.3 Å². The van der Waals surface area contributed by atoms with Gasteiger partial charge < -0.3 is 5.11 Å². The van der Waals surface area contributed by atoms with Crippen molar-refractivity contribution in [2.75, 3.05) is 6.61 Å². The van der Waals surface area contributed by atoms with E-state index in [1.54, 1.807) is 30.3 Å². The summed E-state index contributed by atoms with van der Waals surface area (Å²) in [5.74, 6) is -0.642. The van der Waals surface area contributed by atoms with E-state index in [0.29, 0.717) is 5.56 Å². The van der Waals surface area contributed by atoms with Crippen LogP contribution in [0.2, 0.25) is 0 Å². The molecule has 15 heavy (non-hydrogen) atoms. The first-order chi connectivity index (χ1) is 7.03. The van der Waals surface area contributed by atoms with Gasteiger partial charge in [0.25, 0.3) is 0 Å². The average Bonchev–Trinajstić information content (AvgIpc) is 2.17. The monoisotopic (exact) mass is 218 g/mol. The van der Waals surface area contributed by atoms with Crippen molar-refractivity contribution >= 4 is 0 Å². The molecule has 0 aliphatic rings. The number of aliphatic hydroxyl groups excluding tert-OH is 1. The van der Waals surface area contributed by atoms with Crippen LogP contribution in [0.25, 0.3) is 0 Å². The Hall–Kier alpha value is -1.03. The van der Waals surface area contributed by atoms with Gasteiger partial charge in [0.15, 0.2) is 0 Å². The zero-order valence-corrected chi connectivity index (χ0v) is 8.17. The minimum Gasteiger partial charge on any atom is -0.396 e. The minimum absolute atomic E-state index is 0.142. The zero-order valence-electron chi connectivity index (χ0n) is 8.17. The van der Waals surface area contributed by atoms with Gasteiger partial charge in [-0.2, -0.15) is 13.2 Å². The summed E-state index contributed by atoms with van der Waals surface area (Å²) in [6, 6.07) is 8.48. The van der Waals surface area contributed by atoms with Crippen molar-refractivity contribution in [2.24, 2.45) is 0 Å². The lowest BCUT2D eigenvalue weighted by Crippen LogP contribution is -2.15. The van der Waals surface area contributed by atoms with Gasteiger partial charge in [0.1, 0.15) is 0 Å². The Morgan fingerprint density at radius 3 is 2.20 bits per heavy atom. The van der Waals surface area contributed by atoms with Gasteiger partial charge in [-0.3, -0.25) is 0 Å². The van der Waals surface area contributed by atoms with Gasteiger partial charge in [-0.25, -0.2) is 0 Å². The lowest BCUT2D eigenvalue weighted by Gasteiger charge is -2.17. The van der Waals surface area contributed by atoms with Crippen LogP contribution in [0, 0.1) is 0 Å². The first kappa shape index (κ1) is 12.0. The second-order valence-corrected chi connectivity index (χ2v) is 3.44. The maximum Gasteiger partial charge on any atom is 0.389 e. The molecule has 0 saturated carbocycles. The minimum atomic E-state index is -4.18. The number of aliphatic hydroxyl groups is 1.